The molecular formula is C29H27ClN2O5. The van der Waals surface area contributed by atoms with E-state index in [9.17, 15) is 9.59 Å². The minimum atomic E-state index is -0.777. The summed E-state index contributed by atoms with van der Waals surface area (Å²) in [5.41, 5.74) is 1.96. The Bertz CT molecular complexity index is 1530. The van der Waals surface area contributed by atoms with Gasteiger partial charge in [-0.25, -0.2) is 4.98 Å². The average molecular weight is 519 g/mol. The van der Waals surface area contributed by atoms with Crippen LogP contribution in [0.3, 0.4) is 0 Å². The summed E-state index contributed by atoms with van der Waals surface area (Å²) in [5, 5.41) is 0.858. The van der Waals surface area contributed by atoms with Crippen LogP contribution in [0.1, 0.15) is 59.5 Å². The molecule has 0 saturated carbocycles. The number of hydrogen-bond acceptors (Lipinski definition) is 6. The molecule has 0 N–H and O–H groups in total. The van der Waals surface area contributed by atoms with Gasteiger partial charge >= 0.3 is 0 Å². The van der Waals surface area contributed by atoms with Crippen LogP contribution < -0.4 is 19.8 Å². The number of anilines is 1. The van der Waals surface area contributed by atoms with E-state index in [1.54, 1.807) is 37.4 Å². The highest BCUT2D eigenvalue weighted by Gasteiger charge is 2.44. The number of fused-ring (bicyclic) bond motifs is 2. The van der Waals surface area contributed by atoms with Gasteiger partial charge in [0.25, 0.3) is 5.91 Å². The summed E-state index contributed by atoms with van der Waals surface area (Å²) in [5.74, 6) is 1.02. The van der Waals surface area contributed by atoms with E-state index in [-0.39, 0.29) is 16.8 Å². The lowest BCUT2D eigenvalue weighted by atomic mass is 9.97. The summed E-state index contributed by atoms with van der Waals surface area (Å²) in [7, 11) is 1.56. The molecule has 1 atom stereocenters. The highest BCUT2D eigenvalue weighted by Crippen LogP contribution is 2.43. The van der Waals surface area contributed by atoms with Crippen LogP contribution in [0.4, 0.5) is 5.82 Å². The van der Waals surface area contributed by atoms with Gasteiger partial charge in [-0.2, -0.15) is 0 Å². The lowest BCUT2D eigenvalue weighted by Gasteiger charge is -2.25. The second-order valence-electron chi connectivity index (χ2n) is 9.05. The zero-order valence-electron chi connectivity index (χ0n) is 20.9. The molecule has 4 aromatic rings. The van der Waals surface area contributed by atoms with Gasteiger partial charge in [-0.3, -0.25) is 14.5 Å². The zero-order chi connectivity index (χ0) is 26.1. The molecule has 1 unspecified atom stereocenters. The smallest absolute Gasteiger partial charge is 0.296 e. The highest BCUT2D eigenvalue weighted by atomic mass is 35.5. The highest BCUT2D eigenvalue weighted by molar-refractivity contribution is 6.30. The number of carbonyl (C=O) groups is 1. The molecule has 0 radical (unpaired) electrons. The zero-order valence-corrected chi connectivity index (χ0v) is 21.7. The lowest BCUT2D eigenvalue weighted by Crippen LogP contribution is -2.30. The number of aryl methyl sites for hydroxylation is 1. The normalized spacial score (nSPS) is 14.8. The molecule has 0 fully saturated rings. The number of ether oxygens (including phenoxy) is 2. The van der Waals surface area contributed by atoms with E-state index in [1.165, 1.54) is 11.1 Å². The van der Waals surface area contributed by atoms with Crippen molar-refractivity contribution in [2.45, 2.75) is 39.2 Å². The molecule has 2 aromatic carbocycles. The van der Waals surface area contributed by atoms with Gasteiger partial charge in [-0.05, 0) is 55.3 Å². The molecule has 7 nitrogen and oxygen atoms in total. The summed E-state index contributed by atoms with van der Waals surface area (Å²) >= 11 is 6.06. The number of carbonyl (C=O) groups excluding carboxylic acids is 1. The van der Waals surface area contributed by atoms with Gasteiger partial charge in [0.15, 0.2) is 16.9 Å². The van der Waals surface area contributed by atoms with E-state index < -0.39 is 11.9 Å². The van der Waals surface area contributed by atoms with Crippen LogP contribution in [0.25, 0.3) is 11.0 Å². The number of nitrogens with zero attached hydrogens (tertiary/aromatic N) is 2. The van der Waals surface area contributed by atoms with E-state index in [4.69, 9.17) is 25.5 Å². The standard InChI is InChI=1S/C29H27ClN2O5/c1-4-5-6-13-36-22-11-8-18(15-23(22)35-3)26-25-27(33)20-14-17(2)7-10-21(20)37-28(25)29(34)32(26)24-12-9-19(30)16-31-24/h7-12,14-16,26H,4-6,13H2,1-3H3. The Morgan fingerprint density at radius 3 is 2.62 bits per heavy atom. The first-order valence-electron chi connectivity index (χ1n) is 12.3. The van der Waals surface area contributed by atoms with E-state index in [0.29, 0.717) is 45.5 Å². The van der Waals surface area contributed by atoms with Crippen molar-refractivity contribution in [1.29, 1.82) is 0 Å². The number of methoxy groups -OCH3 is 1. The number of unbranched alkanes of at least 4 members (excludes halogenated alkanes) is 2. The van der Waals surface area contributed by atoms with Gasteiger partial charge in [0.1, 0.15) is 11.4 Å². The summed E-state index contributed by atoms with van der Waals surface area (Å²) in [6.45, 7) is 4.62. The van der Waals surface area contributed by atoms with Crippen molar-refractivity contribution >= 4 is 34.3 Å². The van der Waals surface area contributed by atoms with Crippen LogP contribution in [0.5, 0.6) is 11.5 Å². The number of hydrogen-bond donors (Lipinski definition) is 0. The SMILES string of the molecule is CCCCCOc1ccc(C2c3c(oc4ccc(C)cc4c3=O)C(=O)N2c2ccc(Cl)cn2)cc1OC. The van der Waals surface area contributed by atoms with Crippen LogP contribution in [-0.4, -0.2) is 24.6 Å². The van der Waals surface area contributed by atoms with Crippen LogP contribution in [0.15, 0.2) is 63.9 Å². The Morgan fingerprint density at radius 1 is 1.05 bits per heavy atom. The van der Waals surface area contributed by atoms with Gasteiger partial charge in [-0.1, -0.05) is 49.1 Å². The molecule has 0 spiro atoms. The van der Waals surface area contributed by atoms with Crippen molar-refractivity contribution in [2.75, 3.05) is 18.6 Å². The average Bonchev–Trinajstić information content (AvgIpc) is 3.20. The fourth-order valence-corrected chi connectivity index (χ4v) is 4.77. The predicted molar refractivity (Wildman–Crippen MR) is 143 cm³/mol. The second-order valence-corrected chi connectivity index (χ2v) is 9.49. The lowest BCUT2D eigenvalue weighted by molar-refractivity contribution is 0.0970. The molecule has 0 aliphatic carbocycles. The number of rotatable bonds is 8. The van der Waals surface area contributed by atoms with Crippen molar-refractivity contribution < 1.29 is 18.7 Å². The topological polar surface area (TPSA) is 81.9 Å². The van der Waals surface area contributed by atoms with E-state index in [2.05, 4.69) is 11.9 Å². The Kier molecular flexibility index (Phi) is 6.89. The van der Waals surface area contributed by atoms with Gasteiger partial charge < -0.3 is 13.9 Å². The summed E-state index contributed by atoms with van der Waals surface area (Å²) in [6.07, 6.45) is 4.58. The fourth-order valence-electron chi connectivity index (χ4n) is 4.66. The third-order valence-electron chi connectivity index (χ3n) is 6.49. The monoisotopic (exact) mass is 518 g/mol. The van der Waals surface area contributed by atoms with Gasteiger partial charge in [0, 0.05) is 6.20 Å². The fraction of sp³-hybridized carbons (Fsp3) is 0.276. The van der Waals surface area contributed by atoms with E-state index in [0.717, 1.165) is 24.8 Å². The largest absolute Gasteiger partial charge is 0.493 e. The van der Waals surface area contributed by atoms with Crippen molar-refractivity contribution in [2.24, 2.45) is 0 Å². The molecule has 37 heavy (non-hydrogen) atoms. The molecule has 8 heteroatoms. The van der Waals surface area contributed by atoms with Crippen LogP contribution in [0, 0.1) is 6.92 Å². The molecule has 1 amide bonds. The maximum atomic E-state index is 13.8. The van der Waals surface area contributed by atoms with Crippen molar-refractivity contribution in [1.82, 2.24) is 4.98 Å². The number of pyridine rings is 1. The Balaban J connectivity index is 1.67. The number of halogens is 1. The number of aromatic nitrogens is 1. The maximum absolute atomic E-state index is 13.8. The van der Waals surface area contributed by atoms with Gasteiger partial charge in [0.05, 0.1) is 35.7 Å². The van der Waals surface area contributed by atoms with Crippen molar-refractivity contribution in [3.8, 4) is 11.5 Å². The van der Waals surface area contributed by atoms with E-state index in [1.807, 2.05) is 25.1 Å². The van der Waals surface area contributed by atoms with Gasteiger partial charge in [0.2, 0.25) is 5.76 Å². The summed E-state index contributed by atoms with van der Waals surface area (Å²) < 4.78 is 17.6. The summed E-state index contributed by atoms with van der Waals surface area (Å²) in [4.78, 5) is 33.4. The minimum absolute atomic E-state index is 0.00182. The second kappa shape index (κ2) is 10.3. The van der Waals surface area contributed by atoms with Crippen molar-refractivity contribution in [3.05, 3.63) is 92.4 Å². The molecule has 1 aliphatic rings. The number of benzene rings is 2. The Labute approximate surface area is 219 Å². The van der Waals surface area contributed by atoms with Crippen molar-refractivity contribution in [3.63, 3.8) is 0 Å². The first-order chi connectivity index (χ1) is 17.9. The van der Waals surface area contributed by atoms with Crippen LogP contribution in [-0.2, 0) is 0 Å². The van der Waals surface area contributed by atoms with Gasteiger partial charge in [-0.15, -0.1) is 0 Å². The minimum Gasteiger partial charge on any atom is -0.493 e. The molecule has 3 heterocycles. The Morgan fingerprint density at radius 2 is 1.89 bits per heavy atom. The molecule has 0 saturated heterocycles. The summed E-state index contributed by atoms with van der Waals surface area (Å²) in [6, 6.07) is 13.3. The molecule has 190 valence electrons. The predicted octanol–water partition coefficient (Wildman–Crippen LogP) is 6.48. The molecular weight excluding hydrogens is 492 g/mol. The molecule has 2 aromatic heterocycles. The Hall–Kier alpha value is -3.84. The molecule has 5 rings (SSSR count). The third kappa shape index (κ3) is 4.55. The number of amides is 1. The van der Waals surface area contributed by atoms with Crippen LogP contribution >= 0.6 is 11.6 Å². The first kappa shape index (κ1) is 24.8. The molecule has 0 bridgehead atoms. The van der Waals surface area contributed by atoms with E-state index >= 15 is 0 Å². The van der Waals surface area contributed by atoms with Crippen LogP contribution in [0.2, 0.25) is 5.02 Å². The maximum Gasteiger partial charge on any atom is 0.296 e. The first-order valence-corrected chi connectivity index (χ1v) is 12.6. The quantitative estimate of drug-likeness (QED) is 0.248. The third-order valence-corrected chi connectivity index (χ3v) is 6.72. The molecule has 1 aliphatic heterocycles.